The van der Waals surface area contributed by atoms with E-state index in [-0.39, 0.29) is 23.5 Å². The van der Waals surface area contributed by atoms with E-state index >= 15 is 0 Å². The highest BCUT2D eigenvalue weighted by atomic mass is 32.2. The number of hydrogen-bond donors (Lipinski definition) is 2. The van der Waals surface area contributed by atoms with Crippen molar-refractivity contribution < 1.29 is 12.8 Å². The molecule has 0 aliphatic rings. The van der Waals surface area contributed by atoms with Gasteiger partial charge < -0.3 is 5.73 Å². The van der Waals surface area contributed by atoms with Crippen molar-refractivity contribution in [1.82, 2.24) is 4.72 Å². The van der Waals surface area contributed by atoms with Crippen LogP contribution in [0.4, 0.5) is 4.39 Å². The topological polar surface area (TPSA) is 72.2 Å². The van der Waals surface area contributed by atoms with Gasteiger partial charge in [-0.15, -0.1) is 0 Å². The molecule has 3 N–H and O–H groups in total. The van der Waals surface area contributed by atoms with Gasteiger partial charge in [0.05, 0.1) is 4.90 Å². The molecule has 0 amide bonds. The molecule has 0 saturated carbocycles. The highest BCUT2D eigenvalue weighted by Gasteiger charge is 2.14. The van der Waals surface area contributed by atoms with Crippen LogP contribution in [0.2, 0.25) is 0 Å². The van der Waals surface area contributed by atoms with Gasteiger partial charge in [0, 0.05) is 18.7 Å². The Kier molecular flexibility index (Phi) is 4.49. The maximum Gasteiger partial charge on any atom is 0.240 e. The largest absolute Gasteiger partial charge is 0.326 e. The van der Waals surface area contributed by atoms with Crippen LogP contribution in [0.25, 0.3) is 0 Å². The van der Waals surface area contributed by atoms with Crippen molar-refractivity contribution in [2.75, 3.05) is 0 Å². The van der Waals surface area contributed by atoms with Gasteiger partial charge in [-0.2, -0.15) is 0 Å². The predicted octanol–water partition coefficient (Wildman–Crippen LogP) is 1.76. The van der Waals surface area contributed by atoms with Crippen LogP contribution < -0.4 is 10.5 Å². The Morgan fingerprint density at radius 1 is 1.10 bits per heavy atom. The third kappa shape index (κ3) is 3.41. The minimum Gasteiger partial charge on any atom is -0.326 e. The molecule has 2 aromatic rings. The zero-order chi connectivity index (χ0) is 14.6. The zero-order valence-corrected chi connectivity index (χ0v) is 11.5. The van der Waals surface area contributed by atoms with Crippen molar-refractivity contribution in [3.05, 3.63) is 65.5 Å². The highest BCUT2D eigenvalue weighted by Crippen LogP contribution is 2.12. The fourth-order valence-corrected chi connectivity index (χ4v) is 2.74. The molecular formula is C14H15FN2O2S. The van der Waals surface area contributed by atoms with Crippen molar-refractivity contribution >= 4 is 10.0 Å². The molecule has 6 heteroatoms. The van der Waals surface area contributed by atoms with Gasteiger partial charge in [-0.25, -0.2) is 17.5 Å². The number of rotatable bonds is 5. The number of halogens is 1. The molecular weight excluding hydrogens is 279 g/mol. The summed E-state index contributed by atoms with van der Waals surface area (Å²) in [4.78, 5) is 0.152. The van der Waals surface area contributed by atoms with Crippen LogP contribution in [0.3, 0.4) is 0 Å². The van der Waals surface area contributed by atoms with E-state index in [1.807, 2.05) is 0 Å². The predicted molar refractivity (Wildman–Crippen MR) is 74.8 cm³/mol. The highest BCUT2D eigenvalue weighted by molar-refractivity contribution is 7.89. The lowest BCUT2D eigenvalue weighted by molar-refractivity contribution is 0.574. The van der Waals surface area contributed by atoms with E-state index in [1.54, 1.807) is 24.3 Å². The van der Waals surface area contributed by atoms with Crippen LogP contribution in [-0.2, 0) is 23.1 Å². The van der Waals surface area contributed by atoms with Crippen LogP contribution in [0, 0.1) is 5.82 Å². The first-order chi connectivity index (χ1) is 9.53. The second kappa shape index (κ2) is 6.13. The second-order valence-electron chi connectivity index (χ2n) is 4.27. The van der Waals surface area contributed by atoms with E-state index in [0.29, 0.717) is 5.56 Å². The molecule has 0 aliphatic carbocycles. The summed E-state index contributed by atoms with van der Waals surface area (Å²) in [6.45, 7) is 0.140. The van der Waals surface area contributed by atoms with Crippen LogP contribution in [0.1, 0.15) is 11.1 Å². The molecule has 4 nitrogen and oxygen atoms in total. The Hall–Kier alpha value is -1.76. The molecule has 20 heavy (non-hydrogen) atoms. The summed E-state index contributed by atoms with van der Waals surface area (Å²) in [6.07, 6.45) is 0. The van der Waals surface area contributed by atoms with Crippen LogP contribution in [-0.4, -0.2) is 8.42 Å². The van der Waals surface area contributed by atoms with Gasteiger partial charge in [-0.1, -0.05) is 30.3 Å². The molecule has 2 aromatic carbocycles. The minimum atomic E-state index is -3.63. The fraction of sp³-hybridized carbons (Fsp3) is 0.143. The Labute approximate surface area is 117 Å². The van der Waals surface area contributed by atoms with Gasteiger partial charge in [-0.05, 0) is 23.8 Å². The number of benzene rings is 2. The SMILES string of the molecule is NCc1ccc(CNS(=O)(=O)c2ccccc2)c(F)c1. The first-order valence-corrected chi connectivity index (χ1v) is 7.53. The van der Waals surface area contributed by atoms with Crippen molar-refractivity contribution in [3.63, 3.8) is 0 Å². The molecule has 0 aliphatic heterocycles. The van der Waals surface area contributed by atoms with Crippen molar-refractivity contribution in [1.29, 1.82) is 0 Å². The summed E-state index contributed by atoms with van der Waals surface area (Å²) in [6, 6.07) is 12.5. The maximum atomic E-state index is 13.7. The Balaban J connectivity index is 2.13. The smallest absolute Gasteiger partial charge is 0.240 e. The van der Waals surface area contributed by atoms with E-state index in [2.05, 4.69) is 4.72 Å². The van der Waals surface area contributed by atoms with Gasteiger partial charge in [-0.3, -0.25) is 0 Å². The molecule has 0 unspecified atom stereocenters. The fourth-order valence-electron chi connectivity index (χ4n) is 1.72. The van der Waals surface area contributed by atoms with Gasteiger partial charge in [0.25, 0.3) is 0 Å². The summed E-state index contributed by atoms with van der Waals surface area (Å²) >= 11 is 0. The zero-order valence-electron chi connectivity index (χ0n) is 10.7. The van der Waals surface area contributed by atoms with Gasteiger partial charge >= 0.3 is 0 Å². The average Bonchev–Trinajstić information content (AvgIpc) is 2.47. The standard InChI is InChI=1S/C14H15FN2O2S/c15-14-8-11(9-16)6-7-12(14)10-17-20(18,19)13-4-2-1-3-5-13/h1-8,17H,9-10,16H2. The van der Waals surface area contributed by atoms with E-state index in [0.717, 1.165) is 0 Å². The number of hydrogen-bond acceptors (Lipinski definition) is 3. The number of nitrogens with one attached hydrogen (secondary N) is 1. The Morgan fingerprint density at radius 3 is 2.40 bits per heavy atom. The summed E-state index contributed by atoms with van der Waals surface area (Å²) in [5.41, 5.74) is 6.35. The molecule has 0 atom stereocenters. The molecule has 0 fully saturated rings. The Morgan fingerprint density at radius 2 is 1.80 bits per heavy atom. The van der Waals surface area contributed by atoms with Gasteiger partial charge in [0.15, 0.2) is 0 Å². The first-order valence-electron chi connectivity index (χ1n) is 6.05. The van der Waals surface area contributed by atoms with E-state index in [4.69, 9.17) is 5.73 Å². The van der Waals surface area contributed by atoms with Crippen LogP contribution in [0.5, 0.6) is 0 Å². The normalized spacial score (nSPS) is 11.5. The van der Waals surface area contributed by atoms with Crippen LogP contribution in [0.15, 0.2) is 53.4 Å². The Bertz CT molecular complexity index is 688. The molecule has 0 heterocycles. The summed E-state index contributed by atoms with van der Waals surface area (Å²) in [5, 5.41) is 0. The molecule has 0 radical (unpaired) electrons. The monoisotopic (exact) mass is 294 g/mol. The van der Waals surface area contributed by atoms with Gasteiger partial charge in [0.2, 0.25) is 10.0 Å². The van der Waals surface area contributed by atoms with E-state index < -0.39 is 15.8 Å². The summed E-state index contributed by atoms with van der Waals surface area (Å²) < 4.78 is 40.1. The van der Waals surface area contributed by atoms with Crippen molar-refractivity contribution in [3.8, 4) is 0 Å². The molecule has 0 aromatic heterocycles. The third-order valence-corrected chi connectivity index (χ3v) is 4.28. The van der Waals surface area contributed by atoms with E-state index in [1.165, 1.54) is 24.3 Å². The molecule has 0 bridgehead atoms. The molecule has 106 valence electrons. The second-order valence-corrected chi connectivity index (χ2v) is 6.03. The first kappa shape index (κ1) is 14.6. The molecule has 2 rings (SSSR count). The quantitative estimate of drug-likeness (QED) is 0.882. The van der Waals surface area contributed by atoms with Crippen LogP contribution >= 0.6 is 0 Å². The molecule has 0 spiro atoms. The lowest BCUT2D eigenvalue weighted by Crippen LogP contribution is -2.23. The summed E-state index contributed by atoms with van der Waals surface area (Å²) in [7, 11) is -3.63. The van der Waals surface area contributed by atoms with Crippen molar-refractivity contribution in [2.45, 2.75) is 18.0 Å². The maximum absolute atomic E-state index is 13.7. The third-order valence-electron chi connectivity index (χ3n) is 2.86. The average molecular weight is 294 g/mol. The lowest BCUT2D eigenvalue weighted by atomic mass is 10.1. The lowest BCUT2D eigenvalue weighted by Gasteiger charge is -2.08. The number of sulfonamides is 1. The van der Waals surface area contributed by atoms with Gasteiger partial charge in [0.1, 0.15) is 5.82 Å². The number of nitrogens with two attached hydrogens (primary N) is 1. The van der Waals surface area contributed by atoms with Crippen molar-refractivity contribution in [2.24, 2.45) is 5.73 Å². The summed E-state index contributed by atoms with van der Waals surface area (Å²) in [5.74, 6) is -0.469. The molecule has 0 saturated heterocycles. The minimum absolute atomic E-state index is 0.103. The van der Waals surface area contributed by atoms with E-state index in [9.17, 15) is 12.8 Å².